The fourth-order valence-electron chi connectivity index (χ4n) is 7.67. The summed E-state index contributed by atoms with van der Waals surface area (Å²) >= 11 is 0. The van der Waals surface area contributed by atoms with Crippen LogP contribution in [0.2, 0.25) is 0 Å². The molecular formula is C35H50O9. The highest BCUT2D eigenvalue weighted by molar-refractivity contribution is 5.78. The maximum Gasteiger partial charge on any atom is 0.316 e. The van der Waals surface area contributed by atoms with E-state index in [0.29, 0.717) is 24.8 Å². The molecule has 4 heterocycles. The fourth-order valence-corrected chi connectivity index (χ4v) is 7.67. The molecule has 9 heteroatoms. The van der Waals surface area contributed by atoms with E-state index in [4.69, 9.17) is 23.7 Å². The number of allylic oxidation sites excluding steroid dienone is 3. The molecule has 1 spiro atoms. The predicted octanol–water partition coefficient (Wildman–Crippen LogP) is 4.08. The van der Waals surface area contributed by atoms with E-state index in [1.54, 1.807) is 25.3 Å². The molecule has 0 aromatic rings. The number of aliphatic hydroxyl groups is 3. The monoisotopic (exact) mass is 614 g/mol. The molecule has 9 nitrogen and oxygen atoms in total. The van der Waals surface area contributed by atoms with Gasteiger partial charge in [-0.1, -0.05) is 50.3 Å². The van der Waals surface area contributed by atoms with Crippen molar-refractivity contribution in [1.29, 1.82) is 0 Å². The smallest absolute Gasteiger partial charge is 0.316 e. The van der Waals surface area contributed by atoms with Gasteiger partial charge in [-0.15, -0.1) is 0 Å². The van der Waals surface area contributed by atoms with E-state index in [2.05, 4.69) is 6.92 Å². The fraction of sp³-hybridized carbons (Fsp3) is 0.686. The summed E-state index contributed by atoms with van der Waals surface area (Å²) in [5.41, 5.74) is 1.46. The molecule has 4 aliphatic heterocycles. The topological polar surface area (TPSA) is 124 Å². The summed E-state index contributed by atoms with van der Waals surface area (Å²) in [6.45, 7) is 11.8. The van der Waals surface area contributed by atoms with E-state index < -0.39 is 59.9 Å². The molecule has 5 aliphatic rings. The van der Waals surface area contributed by atoms with Crippen LogP contribution in [0.5, 0.6) is 0 Å². The summed E-state index contributed by atoms with van der Waals surface area (Å²) in [6, 6.07) is 0. The van der Waals surface area contributed by atoms with Gasteiger partial charge in [0.2, 0.25) is 0 Å². The maximum atomic E-state index is 14.1. The number of hydrogen-bond donors (Lipinski definition) is 3. The van der Waals surface area contributed by atoms with Crippen LogP contribution in [0.1, 0.15) is 67.2 Å². The molecule has 2 bridgehead atoms. The van der Waals surface area contributed by atoms with Gasteiger partial charge in [-0.05, 0) is 68.7 Å². The van der Waals surface area contributed by atoms with Gasteiger partial charge in [0, 0.05) is 25.9 Å². The van der Waals surface area contributed by atoms with Crippen LogP contribution in [0.25, 0.3) is 0 Å². The third-order valence-electron chi connectivity index (χ3n) is 10.4. The Labute approximate surface area is 261 Å². The van der Waals surface area contributed by atoms with Crippen molar-refractivity contribution < 1.29 is 43.8 Å². The van der Waals surface area contributed by atoms with Crippen LogP contribution >= 0.6 is 0 Å². The van der Waals surface area contributed by atoms with Crippen molar-refractivity contribution in [3.05, 3.63) is 58.7 Å². The lowest BCUT2D eigenvalue weighted by Crippen LogP contribution is -2.62. The van der Waals surface area contributed by atoms with Gasteiger partial charge in [-0.25, -0.2) is 0 Å². The van der Waals surface area contributed by atoms with Gasteiger partial charge >= 0.3 is 5.97 Å². The van der Waals surface area contributed by atoms with Crippen molar-refractivity contribution in [2.24, 2.45) is 17.8 Å². The quantitative estimate of drug-likeness (QED) is 0.312. The number of aliphatic hydroxyl groups excluding tert-OH is 2. The highest BCUT2D eigenvalue weighted by atomic mass is 16.7. The summed E-state index contributed by atoms with van der Waals surface area (Å²) in [7, 11) is 1.56. The summed E-state index contributed by atoms with van der Waals surface area (Å²) in [6.07, 6.45) is 8.23. The van der Waals surface area contributed by atoms with E-state index >= 15 is 0 Å². The molecule has 3 saturated heterocycles. The molecule has 1 aliphatic carbocycles. The second kappa shape index (κ2) is 12.9. The van der Waals surface area contributed by atoms with Crippen molar-refractivity contribution >= 4 is 5.97 Å². The van der Waals surface area contributed by atoms with E-state index in [1.807, 2.05) is 52.8 Å². The second-order valence-corrected chi connectivity index (χ2v) is 13.5. The zero-order valence-corrected chi connectivity index (χ0v) is 27.1. The van der Waals surface area contributed by atoms with Crippen LogP contribution in [-0.4, -0.2) is 89.1 Å². The minimum Gasteiger partial charge on any atom is -0.462 e. The molecule has 3 N–H and O–H groups in total. The lowest BCUT2D eigenvalue weighted by molar-refractivity contribution is -0.363. The SMILES string of the molecule is C/C=C(\C)C1O[C@@]2(C[C@@H]3C[C@@H](C/C=C(\C)C(O)[C@@H](C)/C=C/C=C4\COC5[C@H](OC)C(C)=C[C@@H](C(=O)O3)[C@]45O)O2)C(O)C[C@@H]1C. The Morgan fingerprint density at radius 3 is 2.57 bits per heavy atom. The number of fused-ring (bicyclic) bond motifs is 2. The molecule has 0 amide bonds. The van der Waals surface area contributed by atoms with Crippen LogP contribution < -0.4 is 0 Å². The zero-order valence-electron chi connectivity index (χ0n) is 27.1. The molecular weight excluding hydrogens is 564 g/mol. The summed E-state index contributed by atoms with van der Waals surface area (Å²) in [4.78, 5) is 14.1. The predicted molar refractivity (Wildman–Crippen MR) is 164 cm³/mol. The Morgan fingerprint density at radius 2 is 1.86 bits per heavy atom. The third-order valence-corrected chi connectivity index (χ3v) is 10.4. The number of hydrogen-bond acceptors (Lipinski definition) is 9. The van der Waals surface area contributed by atoms with Gasteiger partial charge in [-0.3, -0.25) is 4.79 Å². The number of ether oxygens (including phenoxy) is 5. The molecule has 12 atom stereocenters. The van der Waals surface area contributed by atoms with Crippen LogP contribution in [0.4, 0.5) is 0 Å². The van der Waals surface area contributed by atoms with Crippen LogP contribution in [-0.2, 0) is 28.5 Å². The average Bonchev–Trinajstić information content (AvgIpc) is 3.32. The molecule has 3 fully saturated rings. The van der Waals surface area contributed by atoms with Gasteiger partial charge in [0.25, 0.3) is 0 Å². The number of rotatable bonds is 2. The lowest BCUT2D eigenvalue weighted by Gasteiger charge is -2.52. The van der Waals surface area contributed by atoms with E-state index in [-0.39, 0.29) is 31.0 Å². The molecule has 5 rings (SSSR count). The third kappa shape index (κ3) is 5.93. The first-order valence-corrected chi connectivity index (χ1v) is 16.0. The first-order valence-electron chi connectivity index (χ1n) is 16.0. The van der Waals surface area contributed by atoms with Gasteiger partial charge in [0.15, 0.2) is 5.79 Å². The highest BCUT2D eigenvalue weighted by Gasteiger charge is 2.61. The van der Waals surface area contributed by atoms with E-state index in [0.717, 1.165) is 16.7 Å². The number of methoxy groups -OCH3 is 1. The number of carbonyl (C=O) groups excluding carboxylic acids is 1. The summed E-state index contributed by atoms with van der Waals surface area (Å²) in [5, 5.41) is 34.9. The highest BCUT2D eigenvalue weighted by Crippen LogP contribution is 2.48. The molecule has 0 saturated carbocycles. The van der Waals surface area contributed by atoms with Gasteiger partial charge in [-0.2, -0.15) is 0 Å². The van der Waals surface area contributed by atoms with E-state index in [1.165, 1.54) is 0 Å². The molecule has 244 valence electrons. The maximum absolute atomic E-state index is 14.1. The lowest BCUT2D eigenvalue weighted by atomic mass is 9.70. The minimum atomic E-state index is -1.69. The van der Waals surface area contributed by atoms with E-state index in [9.17, 15) is 20.1 Å². The Balaban J connectivity index is 1.57. The minimum absolute atomic E-state index is 0.0667. The van der Waals surface area contributed by atoms with Gasteiger partial charge in [0.1, 0.15) is 35.9 Å². The van der Waals surface area contributed by atoms with Crippen molar-refractivity contribution in [2.75, 3.05) is 13.7 Å². The Bertz CT molecular complexity index is 1250. The molecule has 4 unspecified atom stereocenters. The normalized spacial score (nSPS) is 48.4. The number of esters is 1. The Hall–Kier alpha value is -2.11. The zero-order chi connectivity index (χ0) is 32.0. The molecule has 44 heavy (non-hydrogen) atoms. The van der Waals surface area contributed by atoms with Crippen molar-refractivity contribution in [3.63, 3.8) is 0 Å². The van der Waals surface area contributed by atoms with Crippen LogP contribution in [0.15, 0.2) is 58.7 Å². The Morgan fingerprint density at radius 1 is 1.11 bits per heavy atom. The van der Waals surface area contributed by atoms with Crippen molar-refractivity contribution in [2.45, 2.75) is 121 Å². The van der Waals surface area contributed by atoms with Crippen molar-refractivity contribution in [3.8, 4) is 0 Å². The molecule has 0 aromatic carbocycles. The molecule has 0 radical (unpaired) electrons. The van der Waals surface area contributed by atoms with Gasteiger partial charge in [0.05, 0.1) is 24.9 Å². The van der Waals surface area contributed by atoms with Crippen LogP contribution in [0.3, 0.4) is 0 Å². The Kier molecular flexibility index (Phi) is 9.79. The van der Waals surface area contributed by atoms with Gasteiger partial charge < -0.3 is 39.0 Å². The average molecular weight is 615 g/mol. The largest absolute Gasteiger partial charge is 0.462 e. The first kappa shape index (κ1) is 33.3. The molecule has 0 aromatic heterocycles. The first-order chi connectivity index (χ1) is 20.8. The van der Waals surface area contributed by atoms with Crippen LogP contribution in [0, 0.1) is 17.8 Å². The second-order valence-electron chi connectivity index (χ2n) is 13.5. The van der Waals surface area contributed by atoms with Crippen molar-refractivity contribution in [1.82, 2.24) is 0 Å². The summed E-state index contributed by atoms with van der Waals surface area (Å²) in [5.74, 6) is -3.14. The standard InChI is InChI=1S/C35H50O9/c1-8-19(2)30-23(6)15-28(36)34(44-30)17-26-16-25(43-34)13-12-21(4)29(37)20(3)10-9-11-24-18-41-32-31(40-7)22(5)14-27(33(38)42-26)35(24,32)39/h8-12,14,20,23,25-32,36-37,39H,13,15-18H2,1-7H3/b10-9+,19-8+,21-12+,24-11+/t20-,23-,25+,26-,27-,28?,29?,30?,31+,32?,34-,35+/m0/s1. The summed E-state index contributed by atoms with van der Waals surface area (Å²) < 4.78 is 31.3. The number of carbonyl (C=O) groups is 1.